The Morgan fingerprint density at radius 1 is 1.20 bits per heavy atom. The molecule has 1 heterocycles. The van der Waals surface area contributed by atoms with Gasteiger partial charge in [0.05, 0.1) is 4.90 Å². The SMILES string of the molecule is CCCC(C)NC(=O)c1ccc(S(=O)(=O)NCCc2cccs2)cc1. The first-order valence-electron chi connectivity index (χ1n) is 8.35. The average Bonchev–Trinajstić information content (AvgIpc) is 3.08. The lowest BCUT2D eigenvalue weighted by Gasteiger charge is -2.13. The quantitative estimate of drug-likeness (QED) is 0.701. The van der Waals surface area contributed by atoms with Crippen molar-refractivity contribution in [2.24, 2.45) is 0 Å². The Labute approximate surface area is 153 Å². The minimum atomic E-state index is -3.56. The van der Waals surface area contributed by atoms with Crippen LogP contribution in [0.25, 0.3) is 0 Å². The minimum absolute atomic E-state index is 0.0971. The number of rotatable bonds is 9. The number of thiophene rings is 1. The van der Waals surface area contributed by atoms with Crippen molar-refractivity contribution in [3.8, 4) is 0 Å². The molecule has 5 nitrogen and oxygen atoms in total. The lowest BCUT2D eigenvalue weighted by molar-refractivity contribution is 0.0938. The van der Waals surface area contributed by atoms with Crippen molar-refractivity contribution < 1.29 is 13.2 Å². The number of hydrogen-bond acceptors (Lipinski definition) is 4. The lowest BCUT2D eigenvalue weighted by atomic mass is 10.1. The third kappa shape index (κ3) is 5.95. The summed E-state index contributed by atoms with van der Waals surface area (Å²) in [6.45, 7) is 4.37. The normalized spacial score (nSPS) is 12.7. The van der Waals surface area contributed by atoms with E-state index in [4.69, 9.17) is 0 Å². The van der Waals surface area contributed by atoms with Crippen molar-refractivity contribution in [2.75, 3.05) is 6.54 Å². The van der Waals surface area contributed by atoms with E-state index in [2.05, 4.69) is 17.0 Å². The molecule has 7 heteroatoms. The maximum Gasteiger partial charge on any atom is 0.251 e. The van der Waals surface area contributed by atoms with Crippen LogP contribution in [0.4, 0.5) is 0 Å². The molecule has 2 N–H and O–H groups in total. The molecule has 0 saturated carbocycles. The Bertz CT molecular complexity index is 769. The number of sulfonamides is 1. The standard InChI is InChI=1S/C18H24N2O3S2/c1-3-5-14(2)20-18(21)15-7-9-17(10-8-15)25(22,23)19-12-11-16-6-4-13-24-16/h4,6-10,13-14,19H,3,5,11-12H2,1-2H3,(H,20,21). The van der Waals surface area contributed by atoms with Crippen LogP contribution in [0, 0.1) is 0 Å². The fourth-order valence-corrected chi connectivity index (χ4v) is 4.19. The number of carbonyl (C=O) groups is 1. The summed E-state index contributed by atoms with van der Waals surface area (Å²) < 4.78 is 27.2. The summed E-state index contributed by atoms with van der Waals surface area (Å²) >= 11 is 1.60. The Hall–Kier alpha value is -1.70. The second-order valence-corrected chi connectivity index (χ2v) is 8.71. The Morgan fingerprint density at radius 3 is 2.52 bits per heavy atom. The highest BCUT2D eigenvalue weighted by Gasteiger charge is 2.15. The third-order valence-corrected chi connectivity index (χ3v) is 6.18. The predicted octanol–water partition coefficient (Wildman–Crippen LogP) is 3.19. The van der Waals surface area contributed by atoms with E-state index >= 15 is 0 Å². The molecule has 1 aromatic heterocycles. The molecule has 2 rings (SSSR count). The first-order valence-corrected chi connectivity index (χ1v) is 10.7. The molecule has 25 heavy (non-hydrogen) atoms. The second kappa shape index (κ2) is 9.12. The summed E-state index contributed by atoms with van der Waals surface area (Å²) in [6.07, 6.45) is 2.56. The van der Waals surface area contributed by atoms with Crippen LogP contribution in [-0.4, -0.2) is 26.9 Å². The van der Waals surface area contributed by atoms with Crippen LogP contribution in [0.3, 0.4) is 0 Å². The van der Waals surface area contributed by atoms with E-state index in [1.807, 2.05) is 24.4 Å². The van der Waals surface area contributed by atoms with Gasteiger partial charge < -0.3 is 5.32 Å². The van der Waals surface area contributed by atoms with Crippen molar-refractivity contribution in [1.82, 2.24) is 10.0 Å². The van der Waals surface area contributed by atoms with Crippen LogP contribution in [0.2, 0.25) is 0 Å². The van der Waals surface area contributed by atoms with Gasteiger partial charge in [0.25, 0.3) is 5.91 Å². The van der Waals surface area contributed by atoms with Gasteiger partial charge in [-0.25, -0.2) is 13.1 Å². The molecule has 0 aliphatic rings. The Balaban J connectivity index is 1.94. The number of nitrogens with one attached hydrogen (secondary N) is 2. The van der Waals surface area contributed by atoms with Crippen molar-refractivity contribution in [3.63, 3.8) is 0 Å². The molecule has 0 aliphatic heterocycles. The highest BCUT2D eigenvalue weighted by atomic mass is 32.2. The second-order valence-electron chi connectivity index (χ2n) is 5.91. The van der Waals surface area contributed by atoms with E-state index in [1.165, 1.54) is 12.1 Å². The molecule has 1 aromatic carbocycles. The van der Waals surface area contributed by atoms with E-state index in [-0.39, 0.29) is 16.8 Å². The van der Waals surface area contributed by atoms with Crippen molar-refractivity contribution in [1.29, 1.82) is 0 Å². The number of carbonyl (C=O) groups excluding carboxylic acids is 1. The highest BCUT2D eigenvalue weighted by Crippen LogP contribution is 2.12. The van der Waals surface area contributed by atoms with Crippen LogP contribution >= 0.6 is 11.3 Å². The van der Waals surface area contributed by atoms with Crippen molar-refractivity contribution >= 4 is 27.3 Å². The Morgan fingerprint density at radius 2 is 1.92 bits per heavy atom. The summed E-state index contributed by atoms with van der Waals surface area (Å²) in [5.74, 6) is -0.185. The third-order valence-electron chi connectivity index (χ3n) is 3.77. The van der Waals surface area contributed by atoms with Crippen LogP contribution < -0.4 is 10.0 Å². The van der Waals surface area contributed by atoms with E-state index < -0.39 is 10.0 Å². The van der Waals surface area contributed by atoms with Gasteiger partial charge in [0, 0.05) is 23.0 Å². The van der Waals surface area contributed by atoms with E-state index in [9.17, 15) is 13.2 Å². The van der Waals surface area contributed by atoms with Gasteiger partial charge in [-0.3, -0.25) is 4.79 Å². The van der Waals surface area contributed by atoms with E-state index in [1.54, 1.807) is 23.5 Å². The van der Waals surface area contributed by atoms with Crippen LogP contribution in [0.1, 0.15) is 41.9 Å². The largest absolute Gasteiger partial charge is 0.350 e. The Kier molecular flexibility index (Phi) is 7.16. The topological polar surface area (TPSA) is 75.3 Å². The molecule has 136 valence electrons. The van der Waals surface area contributed by atoms with Gasteiger partial charge in [-0.15, -0.1) is 11.3 Å². The molecule has 0 bridgehead atoms. The number of amides is 1. The average molecular weight is 381 g/mol. The van der Waals surface area contributed by atoms with Gasteiger partial charge in [-0.05, 0) is 55.5 Å². The maximum atomic E-state index is 12.3. The summed E-state index contributed by atoms with van der Waals surface area (Å²) in [5, 5.41) is 4.87. The molecule has 1 unspecified atom stereocenters. The minimum Gasteiger partial charge on any atom is -0.350 e. The summed E-state index contributed by atoms with van der Waals surface area (Å²) in [4.78, 5) is 13.4. The molecule has 1 amide bonds. The first-order chi connectivity index (χ1) is 11.9. The molecular weight excluding hydrogens is 356 g/mol. The van der Waals surface area contributed by atoms with E-state index in [0.717, 1.165) is 17.7 Å². The molecule has 1 atom stereocenters. The molecule has 0 fully saturated rings. The van der Waals surface area contributed by atoms with Crippen LogP contribution in [0.5, 0.6) is 0 Å². The lowest BCUT2D eigenvalue weighted by Crippen LogP contribution is -2.32. The fraction of sp³-hybridized carbons (Fsp3) is 0.389. The molecule has 0 saturated heterocycles. The maximum absolute atomic E-state index is 12.3. The van der Waals surface area contributed by atoms with Gasteiger partial charge in [0.1, 0.15) is 0 Å². The molecule has 2 aromatic rings. The predicted molar refractivity (Wildman–Crippen MR) is 101 cm³/mol. The molecule has 0 spiro atoms. The number of hydrogen-bond donors (Lipinski definition) is 2. The van der Waals surface area contributed by atoms with Crippen LogP contribution in [0.15, 0.2) is 46.7 Å². The smallest absolute Gasteiger partial charge is 0.251 e. The highest BCUT2D eigenvalue weighted by molar-refractivity contribution is 7.89. The zero-order valence-corrected chi connectivity index (χ0v) is 16.1. The number of benzene rings is 1. The van der Waals surface area contributed by atoms with Crippen LogP contribution in [-0.2, 0) is 16.4 Å². The van der Waals surface area contributed by atoms with E-state index in [0.29, 0.717) is 18.5 Å². The molecule has 0 radical (unpaired) electrons. The first kappa shape index (κ1) is 19.6. The zero-order chi connectivity index (χ0) is 18.3. The van der Waals surface area contributed by atoms with Gasteiger partial charge in [0.2, 0.25) is 10.0 Å². The molecular formula is C18H24N2O3S2. The van der Waals surface area contributed by atoms with Gasteiger partial charge in [-0.2, -0.15) is 0 Å². The van der Waals surface area contributed by atoms with Gasteiger partial charge in [0.15, 0.2) is 0 Å². The zero-order valence-electron chi connectivity index (χ0n) is 14.5. The summed E-state index contributed by atoms with van der Waals surface area (Å²) in [5.41, 5.74) is 0.459. The van der Waals surface area contributed by atoms with Gasteiger partial charge >= 0.3 is 0 Å². The van der Waals surface area contributed by atoms with Crippen molar-refractivity contribution in [2.45, 2.75) is 44.0 Å². The fourth-order valence-electron chi connectivity index (χ4n) is 2.44. The molecule has 0 aliphatic carbocycles. The monoisotopic (exact) mass is 380 g/mol. The summed E-state index contributed by atoms with van der Waals surface area (Å²) in [7, 11) is -3.56. The van der Waals surface area contributed by atoms with Gasteiger partial charge in [-0.1, -0.05) is 19.4 Å². The van der Waals surface area contributed by atoms with Crippen molar-refractivity contribution in [3.05, 3.63) is 52.2 Å². The summed E-state index contributed by atoms with van der Waals surface area (Å²) in [6, 6.07) is 10.0.